The molecule has 2 aromatic rings. The minimum atomic E-state index is -0.129. The molecule has 4 N–H and O–H groups in total. The van der Waals surface area contributed by atoms with Gasteiger partial charge < -0.3 is 10.3 Å². The second-order valence-electron chi connectivity index (χ2n) is 3.94. The van der Waals surface area contributed by atoms with Crippen molar-refractivity contribution in [2.45, 2.75) is 6.42 Å². The average Bonchev–Trinajstić information content (AvgIpc) is 2.92. The number of imidazole rings is 1. The van der Waals surface area contributed by atoms with Gasteiger partial charge in [0.15, 0.2) is 5.35 Å². The van der Waals surface area contributed by atoms with Crippen LogP contribution in [0.4, 0.5) is 0 Å². The van der Waals surface area contributed by atoms with Crippen molar-refractivity contribution in [2.75, 3.05) is 6.54 Å². The largest absolute Gasteiger partial charge is 0.350 e. The van der Waals surface area contributed by atoms with Crippen LogP contribution < -0.4 is 21.1 Å². The van der Waals surface area contributed by atoms with Gasteiger partial charge in [0.25, 0.3) is 11.4 Å². The number of carbonyl (C=O) groups is 1. The maximum absolute atomic E-state index is 11.8. The molecular weight excluding hydrogens is 376 g/mol. The van der Waals surface area contributed by atoms with E-state index in [9.17, 15) is 4.79 Å². The molecule has 5 nitrogen and oxygen atoms in total. The summed E-state index contributed by atoms with van der Waals surface area (Å²) in [5.74, 6) is -0.129. The second kappa shape index (κ2) is 6.21. The number of carbonyl (C=O) groups excluding carboxylic acids is 1. The summed E-state index contributed by atoms with van der Waals surface area (Å²) in [5.41, 5.74) is 1.28. The Morgan fingerprint density at radius 1 is 1.47 bits per heavy atom. The summed E-state index contributed by atoms with van der Waals surface area (Å²) in [6.45, 7) is 4.30. The molecule has 2 heterocycles. The van der Waals surface area contributed by atoms with Crippen molar-refractivity contribution in [3.63, 3.8) is 0 Å². The lowest BCUT2D eigenvalue weighted by Crippen LogP contribution is -2.24. The summed E-state index contributed by atoms with van der Waals surface area (Å²) in [7, 11) is 0. The van der Waals surface area contributed by atoms with E-state index in [0.717, 1.165) is 26.3 Å². The Labute approximate surface area is 126 Å². The van der Waals surface area contributed by atoms with Crippen molar-refractivity contribution in [1.82, 2.24) is 15.3 Å². The Hall–Kier alpha value is -1.34. The molecule has 7 heteroatoms. The molecule has 0 unspecified atom stereocenters. The fourth-order valence-corrected chi connectivity index (χ4v) is 2.21. The van der Waals surface area contributed by atoms with E-state index >= 15 is 0 Å². The molecule has 0 spiro atoms. The maximum atomic E-state index is 11.8. The van der Waals surface area contributed by atoms with Crippen LogP contribution in [0.1, 0.15) is 16.9 Å². The number of hydrogen-bond donors (Lipinski definition) is 3. The van der Waals surface area contributed by atoms with Crippen LogP contribution in [-0.4, -0.2) is 22.4 Å². The number of H-pyrrole nitrogens is 3. The smallest absolute Gasteiger partial charge is 0.270 e. The number of nitrogens with one attached hydrogen (secondary N) is 4. The van der Waals surface area contributed by atoms with Gasteiger partial charge in [0.1, 0.15) is 11.9 Å². The van der Waals surface area contributed by atoms with Gasteiger partial charge in [-0.25, -0.2) is 9.97 Å². The van der Waals surface area contributed by atoms with E-state index in [0.29, 0.717) is 12.2 Å². The summed E-state index contributed by atoms with van der Waals surface area (Å²) in [5, 5.41) is 3.80. The fourth-order valence-electron chi connectivity index (χ4n) is 1.56. The van der Waals surface area contributed by atoms with Gasteiger partial charge in [-0.1, -0.05) is 0 Å². The number of hydrogen-bond acceptors (Lipinski definition) is 1. The lowest BCUT2D eigenvalue weighted by molar-refractivity contribution is -0.393. The number of halogens is 2. The van der Waals surface area contributed by atoms with Gasteiger partial charge in [0, 0.05) is 6.54 Å². The molecule has 2 rings (SSSR count). The van der Waals surface area contributed by atoms with Crippen molar-refractivity contribution in [3.05, 3.63) is 37.9 Å². The topological polar surface area (TPSA) is 74.8 Å². The van der Waals surface area contributed by atoms with Crippen LogP contribution >= 0.6 is 31.9 Å². The first-order valence-electron chi connectivity index (χ1n) is 5.64. The molecular formula is C12H13Br2N4O+. The molecule has 0 saturated heterocycles. The van der Waals surface area contributed by atoms with Gasteiger partial charge in [-0.05, 0) is 57.0 Å². The molecule has 0 fully saturated rings. The number of amides is 1. The van der Waals surface area contributed by atoms with Crippen molar-refractivity contribution < 1.29 is 9.78 Å². The van der Waals surface area contributed by atoms with Gasteiger partial charge in [0.2, 0.25) is 0 Å². The first-order chi connectivity index (χ1) is 9.06. The SMILES string of the molecule is C=c1[nH]/c(=C/CCNC(=O)c2cc(Br)c(Br)[nH]2)c[nH+]1. The summed E-state index contributed by atoms with van der Waals surface area (Å²) in [6.07, 6.45) is 4.57. The van der Waals surface area contributed by atoms with Gasteiger partial charge >= 0.3 is 0 Å². The van der Waals surface area contributed by atoms with E-state index in [-0.39, 0.29) is 5.91 Å². The second-order valence-corrected chi connectivity index (χ2v) is 5.59. The Bertz CT molecular complexity index is 669. The Morgan fingerprint density at radius 3 is 2.84 bits per heavy atom. The summed E-state index contributed by atoms with van der Waals surface area (Å²) < 4.78 is 1.59. The molecule has 0 aliphatic rings. The molecule has 0 aliphatic carbocycles. The van der Waals surface area contributed by atoms with Gasteiger partial charge in [-0.15, -0.1) is 0 Å². The summed E-state index contributed by atoms with van der Waals surface area (Å²) in [4.78, 5) is 20.7. The minimum Gasteiger partial charge on any atom is -0.350 e. The Kier molecular flexibility index (Phi) is 4.60. The molecule has 0 bridgehead atoms. The first kappa shape index (κ1) is 14.1. The van der Waals surface area contributed by atoms with Gasteiger partial charge in [0.05, 0.1) is 9.08 Å². The third-order valence-electron chi connectivity index (χ3n) is 2.46. The quantitative estimate of drug-likeness (QED) is 0.662. The highest BCUT2D eigenvalue weighted by Crippen LogP contribution is 2.22. The van der Waals surface area contributed by atoms with E-state index in [1.807, 2.05) is 12.3 Å². The molecule has 19 heavy (non-hydrogen) atoms. The van der Waals surface area contributed by atoms with Crippen molar-refractivity contribution in [1.29, 1.82) is 0 Å². The van der Waals surface area contributed by atoms with Crippen molar-refractivity contribution >= 4 is 50.4 Å². The van der Waals surface area contributed by atoms with Gasteiger partial charge in [-0.2, -0.15) is 0 Å². The molecule has 0 radical (unpaired) electrons. The average molecular weight is 389 g/mol. The van der Waals surface area contributed by atoms with Crippen molar-refractivity contribution in [3.8, 4) is 0 Å². The van der Waals surface area contributed by atoms with Crippen molar-refractivity contribution in [2.24, 2.45) is 0 Å². The lowest BCUT2D eigenvalue weighted by Gasteiger charge is -2.00. The Morgan fingerprint density at radius 2 is 2.26 bits per heavy atom. The highest BCUT2D eigenvalue weighted by atomic mass is 79.9. The number of aromatic amines is 3. The molecule has 0 saturated carbocycles. The highest BCUT2D eigenvalue weighted by molar-refractivity contribution is 9.13. The molecule has 100 valence electrons. The van der Waals surface area contributed by atoms with Crippen LogP contribution in [0.5, 0.6) is 0 Å². The monoisotopic (exact) mass is 387 g/mol. The van der Waals surface area contributed by atoms with Crippen LogP contribution in [0.25, 0.3) is 12.7 Å². The molecule has 0 aromatic carbocycles. The molecule has 1 amide bonds. The molecule has 0 atom stereocenters. The molecule has 0 aliphatic heterocycles. The van der Waals surface area contributed by atoms with E-state index < -0.39 is 0 Å². The Balaban J connectivity index is 1.86. The zero-order valence-corrected chi connectivity index (χ0v) is 13.2. The van der Waals surface area contributed by atoms with E-state index in [1.165, 1.54) is 0 Å². The number of aromatic nitrogens is 3. The number of rotatable bonds is 4. The standard InChI is InChI=1S/C12H12Br2N4O/c1-7-16-6-8(17-7)3-2-4-15-12(19)10-5-9(13)11(14)18-10/h3,5-6,17-18H,1-2,4H2,(H,15,19)/p+1/b8-3+. The van der Waals surface area contributed by atoms with E-state index in [2.05, 4.69) is 58.7 Å². The fraction of sp³-hybridized carbons (Fsp3) is 0.167. The normalized spacial score (nSPS) is 11.8. The van der Waals surface area contributed by atoms with E-state index in [1.54, 1.807) is 6.07 Å². The molecule has 2 aromatic heterocycles. The summed E-state index contributed by atoms with van der Waals surface area (Å²) >= 11 is 6.62. The van der Waals surface area contributed by atoms with Gasteiger partial charge in [-0.3, -0.25) is 4.79 Å². The zero-order valence-electron chi connectivity index (χ0n) is 10.0. The van der Waals surface area contributed by atoms with Crippen LogP contribution in [0.2, 0.25) is 0 Å². The minimum absolute atomic E-state index is 0.129. The predicted molar refractivity (Wildman–Crippen MR) is 79.7 cm³/mol. The van der Waals surface area contributed by atoms with Crippen LogP contribution in [0.15, 0.2) is 21.3 Å². The van der Waals surface area contributed by atoms with E-state index in [4.69, 9.17) is 0 Å². The third-order valence-corrected chi connectivity index (χ3v) is 4.24. The van der Waals surface area contributed by atoms with Crippen LogP contribution in [-0.2, 0) is 0 Å². The highest BCUT2D eigenvalue weighted by Gasteiger charge is 2.09. The lowest BCUT2D eigenvalue weighted by atomic mass is 10.3. The third kappa shape index (κ3) is 3.81. The zero-order chi connectivity index (χ0) is 13.8. The van der Waals surface area contributed by atoms with Crippen LogP contribution in [0.3, 0.4) is 0 Å². The summed E-state index contributed by atoms with van der Waals surface area (Å²) in [6, 6.07) is 1.73. The van der Waals surface area contributed by atoms with Crippen LogP contribution in [0, 0.1) is 0 Å². The predicted octanol–water partition coefficient (Wildman–Crippen LogP) is 0.693. The maximum Gasteiger partial charge on any atom is 0.270 e. The first-order valence-corrected chi connectivity index (χ1v) is 7.23.